The lowest BCUT2D eigenvalue weighted by molar-refractivity contribution is 0.104. The third-order valence-electron chi connectivity index (χ3n) is 3.92. The Morgan fingerprint density at radius 3 is 2.48 bits per heavy atom. The lowest BCUT2D eigenvalue weighted by Crippen LogP contribution is -2.33. The van der Waals surface area contributed by atoms with Crippen molar-refractivity contribution in [2.45, 2.75) is 19.1 Å². The van der Waals surface area contributed by atoms with Gasteiger partial charge >= 0.3 is 0 Å². The van der Waals surface area contributed by atoms with Gasteiger partial charge in [0, 0.05) is 12.6 Å². The molecule has 0 saturated carbocycles. The number of nitrogens with zero attached hydrogens (tertiary/aromatic N) is 4. The number of rotatable bonds is 8. The third kappa shape index (κ3) is 5.99. The van der Waals surface area contributed by atoms with Crippen LogP contribution in [0.1, 0.15) is 18.5 Å². The van der Waals surface area contributed by atoms with Crippen LogP contribution in [-0.2, 0) is 0 Å². The summed E-state index contributed by atoms with van der Waals surface area (Å²) in [6.07, 6.45) is 0.858. The minimum Gasteiger partial charge on any atom is -0.491 e. The lowest BCUT2D eigenvalue weighted by atomic mass is 10.1. The number of halogens is 2. The highest BCUT2D eigenvalue weighted by Crippen LogP contribution is 2.15. The van der Waals surface area contributed by atoms with Crippen LogP contribution in [-0.4, -0.2) is 44.6 Å². The van der Waals surface area contributed by atoms with Crippen molar-refractivity contribution < 1.29 is 14.2 Å². The Kier molecular flexibility index (Phi) is 7.66. The molecular weight excluding hydrogens is 373 g/mol. The summed E-state index contributed by atoms with van der Waals surface area (Å²) in [4.78, 5) is 0. The van der Waals surface area contributed by atoms with Crippen LogP contribution in [0.2, 0.25) is 0 Å². The molecule has 9 heteroatoms. The van der Waals surface area contributed by atoms with Crippen molar-refractivity contribution in [1.82, 2.24) is 25.5 Å². The summed E-state index contributed by atoms with van der Waals surface area (Å²) in [5.74, 6) is 0.205. The van der Waals surface area contributed by atoms with Gasteiger partial charge in [-0.3, -0.25) is 0 Å². The molecule has 0 saturated heterocycles. The maximum Gasteiger partial charge on any atom is 0.143 e. The van der Waals surface area contributed by atoms with Crippen molar-refractivity contribution in [2.24, 2.45) is 0 Å². The fourth-order valence-corrected chi connectivity index (χ4v) is 2.41. The molecule has 3 aromatic rings. The number of aliphatic hydroxyl groups is 1. The van der Waals surface area contributed by atoms with Crippen molar-refractivity contribution in [3.05, 3.63) is 66.2 Å². The molecule has 0 radical (unpaired) electrons. The zero-order valence-corrected chi connectivity index (χ0v) is 15.5. The largest absolute Gasteiger partial charge is 0.491 e. The number of hydrogen-bond donors (Lipinski definition) is 2. The van der Waals surface area contributed by atoms with Gasteiger partial charge in [0.1, 0.15) is 30.6 Å². The minimum atomic E-state index is -0.678. The Hall–Kier alpha value is -2.55. The van der Waals surface area contributed by atoms with Crippen molar-refractivity contribution in [3.63, 3.8) is 0 Å². The van der Waals surface area contributed by atoms with Gasteiger partial charge in [-0.05, 0) is 59.3 Å². The number of hydrogen-bond acceptors (Lipinski definition) is 6. The number of aromatic nitrogens is 4. The van der Waals surface area contributed by atoms with E-state index < -0.39 is 6.10 Å². The number of tetrazole rings is 1. The first-order chi connectivity index (χ1) is 12.6. The van der Waals surface area contributed by atoms with Gasteiger partial charge in [-0.15, -0.1) is 17.5 Å². The van der Waals surface area contributed by atoms with Gasteiger partial charge in [-0.25, -0.2) is 9.07 Å². The van der Waals surface area contributed by atoms with E-state index >= 15 is 0 Å². The summed E-state index contributed by atoms with van der Waals surface area (Å²) in [6.45, 7) is 2.51. The van der Waals surface area contributed by atoms with E-state index in [0.29, 0.717) is 12.3 Å². The van der Waals surface area contributed by atoms with Gasteiger partial charge < -0.3 is 15.2 Å². The average Bonchev–Trinajstić information content (AvgIpc) is 3.20. The smallest absolute Gasteiger partial charge is 0.143 e. The summed E-state index contributed by atoms with van der Waals surface area (Å²) in [5, 5.41) is 24.4. The van der Waals surface area contributed by atoms with Crippen molar-refractivity contribution in [3.8, 4) is 11.4 Å². The molecule has 0 aliphatic heterocycles. The molecule has 0 spiro atoms. The van der Waals surface area contributed by atoms with Crippen molar-refractivity contribution in [1.29, 1.82) is 0 Å². The Balaban J connectivity index is 0.00000261. The number of ether oxygens (including phenoxy) is 1. The predicted octanol–water partition coefficient (Wildman–Crippen LogP) is 2.31. The van der Waals surface area contributed by atoms with E-state index in [1.54, 1.807) is 4.68 Å². The molecule has 7 nitrogen and oxygen atoms in total. The second-order valence-corrected chi connectivity index (χ2v) is 5.89. The molecule has 27 heavy (non-hydrogen) atoms. The fourth-order valence-electron chi connectivity index (χ4n) is 2.41. The Morgan fingerprint density at radius 1 is 1.15 bits per heavy atom. The molecular formula is C18H21ClFN5O2. The van der Waals surface area contributed by atoms with Gasteiger partial charge in [0.2, 0.25) is 0 Å². The van der Waals surface area contributed by atoms with Crippen LogP contribution in [0, 0.1) is 5.82 Å². The molecule has 0 bridgehead atoms. The molecule has 1 aromatic heterocycles. The first kappa shape index (κ1) is 20.8. The number of aliphatic hydroxyl groups excluding tert-OH is 1. The molecule has 0 aliphatic rings. The zero-order valence-electron chi connectivity index (χ0n) is 14.7. The molecule has 2 N–H and O–H groups in total. The predicted molar refractivity (Wildman–Crippen MR) is 101 cm³/mol. The number of nitrogens with one attached hydrogen (secondary N) is 1. The molecule has 2 atom stereocenters. The van der Waals surface area contributed by atoms with Gasteiger partial charge in [0.15, 0.2) is 0 Å². The molecule has 144 valence electrons. The van der Waals surface area contributed by atoms with E-state index in [1.807, 2.05) is 31.2 Å². The Morgan fingerprint density at radius 2 is 1.85 bits per heavy atom. The van der Waals surface area contributed by atoms with E-state index in [-0.39, 0.29) is 30.9 Å². The quantitative estimate of drug-likeness (QED) is 0.611. The van der Waals surface area contributed by atoms with Gasteiger partial charge in [0.05, 0.1) is 5.69 Å². The van der Waals surface area contributed by atoms with Gasteiger partial charge in [0.25, 0.3) is 0 Å². The van der Waals surface area contributed by atoms with Crippen LogP contribution in [0.3, 0.4) is 0 Å². The summed E-state index contributed by atoms with van der Waals surface area (Å²) in [6, 6.07) is 13.6. The molecule has 0 fully saturated rings. The monoisotopic (exact) mass is 393 g/mol. The van der Waals surface area contributed by atoms with Crippen molar-refractivity contribution >= 4 is 12.4 Å². The van der Waals surface area contributed by atoms with E-state index in [1.165, 1.54) is 30.6 Å². The molecule has 3 rings (SSSR count). The Bertz CT molecular complexity index is 800. The summed E-state index contributed by atoms with van der Waals surface area (Å²) < 4.78 is 19.9. The highest BCUT2D eigenvalue weighted by Gasteiger charge is 2.10. The minimum absolute atomic E-state index is 0. The van der Waals surface area contributed by atoms with Crippen LogP contribution < -0.4 is 10.1 Å². The highest BCUT2D eigenvalue weighted by molar-refractivity contribution is 5.85. The summed E-state index contributed by atoms with van der Waals surface area (Å²) >= 11 is 0. The SMILES string of the molecule is CC(NCC(O)COc1ccc(F)cc1)c1ccc(-n2cnnn2)cc1.Cl. The van der Waals surface area contributed by atoms with E-state index in [2.05, 4.69) is 20.8 Å². The zero-order chi connectivity index (χ0) is 18.4. The van der Waals surface area contributed by atoms with Crippen LogP contribution in [0.25, 0.3) is 5.69 Å². The summed E-state index contributed by atoms with van der Waals surface area (Å²) in [7, 11) is 0. The molecule has 2 aromatic carbocycles. The molecule has 1 heterocycles. The standard InChI is InChI=1S/C18H20FN5O2.ClH/c1-13(14-2-6-16(7-3-14)24-12-21-22-23-24)20-10-17(25)11-26-18-8-4-15(19)5-9-18;/h2-9,12-13,17,20,25H,10-11H2,1H3;1H. The Labute approximate surface area is 162 Å². The van der Waals surface area contributed by atoms with Crippen LogP contribution in [0.5, 0.6) is 5.75 Å². The summed E-state index contributed by atoms with van der Waals surface area (Å²) in [5.41, 5.74) is 1.95. The second kappa shape index (κ2) is 9.96. The normalized spacial score (nSPS) is 12.9. The van der Waals surface area contributed by atoms with Crippen molar-refractivity contribution in [2.75, 3.05) is 13.2 Å². The first-order valence-corrected chi connectivity index (χ1v) is 8.25. The van der Waals surface area contributed by atoms with Crippen LogP contribution in [0.4, 0.5) is 4.39 Å². The molecule has 0 amide bonds. The van der Waals surface area contributed by atoms with Gasteiger partial charge in [-0.1, -0.05) is 12.1 Å². The fraction of sp³-hybridized carbons (Fsp3) is 0.278. The molecule has 2 unspecified atom stereocenters. The topological polar surface area (TPSA) is 85.1 Å². The average molecular weight is 394 g/mol. The van der Waals surface area contributed by atoms with E-state index in [0.717, 1.165) is 11.3 Å². The van der Waals surface area contributed by atoms with Crippen LogP contribution >= 0.6 is 12.4 Å². The van der Waals surface area contributed by atoms with E-state index in [4.69, 9.17) is 4.74 Å². The third-order valence-corrected chi connectivity index (χ3v) is 3.92. The van der Waals surface area contributed by atoms with Crippen LogP contribution in [0.15, 0.2) is 54.9 Å². The lowest BCUT2D eigenvalue weighted by Gasteiger charge is -2.18. The maximum absolute atomic E-state index is 12.8. The highest BCUT2D eigenvalue weighted by atomic mass is 35.5. The second-order valence-electron chi connectivity index (χ2n) is 5.89. The number of benzene rings is 2. The first-order valence-electron chi connectivity index (χ1n) is 8.25. The maximum atomic E-state index is 12.8. The van der Waals surface area contributed by atoms with E-state index in [9.17, 15) is 9.50 Å². The molecule has 0 aliphatic carbocycles. The van der Waals surface area contributed by atoms with Gasteiger partial charge in [-0.2, -0.15) is 0 Å².